The molecule has 9 heteroatoms. The first-order valence-corrected chi connectivity index (χ1v) is 20.3. The van der Waals surface area contributed by atoms with Crippen molar-refractivity contribution >= 4 is 31.0 Å². The van der Waals surface area contributed by atoms with Crippen LogP contribution in [0.25, 0.3) is 0 Å². The van der Waals surface area contributed by atoms with Crippen molar-refractivity contribution in [2.75, 3.05) is 78.5 Å². The molecule has 0 saturated carbocycles. The van der Waals surface area contributed by atoms with Crippen LogP contribution in [-0.4, -0.2) is 117 Å². The number of likely N-dealkylation sites (tertiary alicyclic amines) is 4. The molecule has 0 atom stereocenters. The third-order valence-electron chi connectivity index (χ3n) is 12.2. The molecule has 4 fully saturated rings. The number of hydrogen-bond donors (Lipinski definition) is 0. The van der Waals surface area contributed by atoms with E-state index in [9.17, 15) is 4.79 Å². The van der Waals surface area contributed by atoms with Gasteiger partial charge < -0.3 is 29.1 Å². The van der Waals surface area contributed by atoms with Gasteiger partial charge >= 0.3 is 6.16 Å². The highest BCUT2D eigenvalue weighted by Gasteiger charge is 2.40. The molecule has 0 aromatic carbocycles. The van der Waals surface area contributed by atoms with Gasteiger partial charge in [-0.15, -0.1) is 24.8 Å². The maximum atomic E-state index is 14.0. The van der Waals surface area contributed by atoms with E-state index in [-0.39, 0.29) is 43.2 Å². The Kier molecular flexibility index (Phi) is 22.7. The molecule has 4 rings (SSSR count). The second-order valence-corrected chi connectivity index (χ2v) is 15.5. The fraction of sp³-hybridized carbons (Fsp3) is 0.974. The minimum atomic E-state index is -0.348. The molecule has 4 aliphatic rings. The predicted octanol–water partition coefficient (Wildman–Crippen LogP) is 8.77. The van der Waals surface area contributed by atoms with Gasteiger partial charge in [0, 0.05) is 0 Å². The van der Waals surface area contributed by atoms with E-state index < -0.39 is 0 Å². The van der Waals surface area contributed by atoms with Gasteiger partial charge in [0.05, 0.1) is 0 Å². The Labute approximate surface area is 308 Å². The molecule has 0 aromatic rings. The first-order chi connectivity index (χ1) is 22.5. The summed E-state index contributed by atoms with van der Waals surface area (Å²) >= 11 is 0. The lowest BCUT2D eigenvalue weighted by molar-refractivity contribution is -0.0868. The highest BCUT2D eigenvalue weighted by atomic mass is 35.5. The van der Waals surface area contributed by atoms with Crippen LogP contribution in [0.1, 0.15) is 130 Å². The average molecular weight is 720 g/mol. The molecule has 0 bridgehead atoms. The molecule has 4 aliphatic heterocycles. The summed E-state index contributed by atoms with van der Waals surface area (Å²) in [5, 5.41) is 0. The van der Waals surface area contributed by atoms with Crippen molar-refractivity contribution in [1.82, 2.24) is 19.6 Å². The highest BCUT2D eigenvalue weighted by Crippen LogP contribution is 2.36. The van der Waals surface area contributed by atoms with Crippen LogP contribution in [-0.2, 0) is 9.47 Å². The first kappa shape index (κ1) is 43.9. The molecule has 7 nitrogen and oxygen atoms in total. The SMILES string of the molecule is CCCCN1CCC(C(OC(=O)OC(C2CCN(CCCC)CC2)C2CCN(CCCC)CC2)C2CCN(CCCC)CC2)CC1.Cl.Cl. The van der Waals surface area contributed by atoms with Crippen LogP contribution in [0.15, 0.2) is 0 Å². The van der Waals surface area contributed by atoms with Gasteiger partial charge in [0.1, 0.15) is 12.2 Å². The minimum absolute atomic E-state index is 0. The molecule has 0 spiro atoms. The molecular formula is C39H76Cl2N4O3. The van der Waals surface area contributed by atoms with E-state index in [1.165, 1.54) is 77.5 Å². The summed E-state index contributed by atoms with van der Waals surface area (Å²) < 4.78 is 13.2. The minimum Gasteiger partial charge on any atom is -0.430 e. The van der Waals surface area contributed by atoms with Crippen molar-refractivity contribution in [3.05, 3.63) is 0 Å². The van der Waals surface area contributed by atoms with Crippen LogP contribution in [0.5, 0.6) is 0 Å². The summed E-state index contributed by atoms with van der Waals surface area (Å²) in [6.07, 6.45) is 19.0. The molecular weight excluding hydrogens is 643 g/mol. The summed E-state index contributed by atoms with van der Waals surface area (Å²) in [5.41, 5.74) is 0. The molecule has 0 N–H and O–H groups in total. The van der Waals surface area contributed by atoms with Crippen LogP contribution < -0.4 is 0 Å². The van der Waals surface area contributed by atoms with E-state index in [4.69, 9.17) is 9.47 Å². The predicted molar refractivity (Wildman–Crippen MR) is 206 cm³/mol. The molecule has 0 radical (unpaired) electrons. The summed E-state index contributed by atoms with van der Waals surface area (Å²) in [4.78, 5) is 24.5. The van der Waals surface area contributed by atoms with E-state index in [0.717, 1.165) is 104 Å². The number of ether oxygens (including phenoxy) is 2. The van der Waals surface area contributed by atoms with E-state index >= 15 is 0 Å². The van der Waals surface area contributed by atoms with E-state index in [1.54, 1.807) is 0 Å². The second kappa shape index (κ2) is 24.8. The molecule has 0 aromatic heterocycles. The number of hydrogen-bond acceptors (Lipinski definition) is 7. The average Bonchev–Trinajstić information content (AvgIpc) is 3.10. The Bertz CT molecular complexity index is 689. The lowest BCUT2D eigenvalue weighted by atomic mass is 9.79. The van der Waals surface area contributed by atoms with Crippen molar-refractivity contribution in [2.24, 2.45) is 23.7 Å². The third kappa shape index (κ3) is 14.4. The topological polar surface area (TPSA) is 48.5 Å². The Morgan fingerprint density at radius 3 is 0.854 bits per heavy atom. The van der Waals surface area contributed by atoms with Crippen LogP contribution in [0.2, 0.25) is 0 Å². The molecule has 0 amide bonds. The number of piperidine rings is 4. The molecule has 284 valence electrons. The van der Waals surface area contributed by atoms with Gasteiger partial charge in [-0.05, 0) is 179 Å². The number of halogens is 2. The lowest BCUT2D eigenvalue weighted by Crippen LogP contribution is -2.48. The number of carbonyl (C=O) groups is 1. The van der Waals surface area contributed by atoms with E-state index in [0.29, 0.717) is 23.7 Å². The molecule has 48 heavy (non-hydrogen) atoms. The summed E-state index contributed by atoms with van der Waals surface area (Å²) in [5.74, 6) is 1.83. The van der Waals surface area contributed by atoms with E-state index in [2.05, 4.69) is 47.3 Å². The lowest BCUT2D eigenvalue weighted by Gasteiger charge is -2.43. The monoisotopic (exact) mass is 719 g/mol. The summed E-state index contributed by atoms with van der Waals surface area (Å²) in [7, 11) is 0. The van der Waals surface area contributed by atoms with Crippen LogP contribution in [0.4, 0.5) is 4.79 Å². The van der Waals surface area contributed by atoms with Crippen LogP contribution >= 0.6 is 24.8 Å². The highest BCUT2D eigenvalue weighted by molar-refractivity contribution is 5.85. The van der Waals surface area contributed by atoms with Crippen molar-refractivity contribution < 1.29 is 14.3 Å². The zero-order valence-electron chi connectivity index (χ0n) is 31.6. The van der Waals surface area contributed by atoms with Gasteiger partial charge in [0.15, 0.2) is 0 Å². The van der Waals surface area contributed by atoms with Crippen molar-refractivity contribution in [3.63, 3.8) is 0 Å². The van der Waals surface area contributed by atoms with Crippen molar-refractivity contribution in [3.8, 4) is 0 Å². The van der Waals surface area contributed by atoms with Gasteiger partial charge in [-0.2, -0.15) is 0 Å². The van der Waals surface area contributed by atoms with Crippen molar-refractivity contribution in [2.45, 2.75) is 143 Å². The molecule has 4 saturated heterocycles. The number of nitrogens with zero attached hydrogens (tertiary/aromatic N) is 4. The van der Waals surface area contributed by atoms with Gasteiger partial charge in [0.2, 0.25) is 0 Å². The Morgan fingerprint density at radius 1 is 0.458 bits per heavy atom. The fourth-order valence-electron chi connectivity index (χ4n) is 8.95. The summed E-state index contributed by atoms with van der Waals surface area (Å²) in [6.45, 7) is 23.1. The smallest absolute Gasteiger partial charge is 0.430 e. The van der Waals surface area contributed by atoms with Crippen molar-refractivity contribution in [1.29, 1.82) is 0 Å². The zero-order valence-corrected chi connectivity index (χ0v) is 33.2. The van der Waals surface area contributed by atoms with Gasteiger partial charge in [-0.1, -0.05) is 53.4 Å². The number of unbranched alkanes of at least 4 members (excludes halogenated alkanes) is 4. The van der Waals surface area contributed by atoms with Gasteiger partial charge in [-0.25, -0.2) is 4.79 Å². The van der Waals surface area contributed by atoms with Gasteiger partial charge in [0.25, 0.3) is 0 Å². The third-order valence-corrected chi connectivity index (χ3v) is 12.2. The largest absolute Gasteiger partial charge is 0.508 e. The quantitative estimate of drug-likeness (QED) is 0.131. The Morgan fingerprint density at radius 2 is 0.667 bits per heavy atom. The normalized spacial score (nSPS) is 22.1. The Hall–Kier alpha value is -0.310. The maximum absolute atomic E-state index is 14.0. The van der Waals surface area contributed by atoms with Gasteiger partial charge in [-0.3, -0.25) is 0 Å². The zero-order chi connectivity index (χ0) is 32.6. The molecule has 0 aliphatic carbocycles. The first-order valence-electron chi connectivity index (χ1n) is 20.3. The fourth-order valence-corrected chi connectivity index (χ4v) is 8.95. The molecule has 4 heterocycles. The Balaban J connectivity index is 0.00000400. The standard InChI is InChI=1S/C39H74N4O3.2ClH/c1-5-9-21-40-25-13-33(14-26-40)37(34-15-27-41(28-16-34)22-10-6-2)45-39(44)46-38(35-17-29-42(30-18-35)23-11-7-3)36-19-31-43(32-20-36)24-12-8-4;;/h33-38H,5-32H2,1-4H3;2*1H. The van der Waals surface area contributed by atoms with Crippen LogP contribution in [0, 0.1) is 23.7 Å². The van der Waals surface area contributed by atoms with E-state index in [1.807, 2.05) is 0 Å². The van der Waals surface area contributed by atoms with Crippen LogP contribution in [0.3, 0.4) is 0 Å². The second-order valence-electron chi connectivity index (χ2n) is 15.5. The number of carbonyl (C=O) groups excluding carboxylic acids is 1. The summed E-state index contributed by atoms with van der Waals surface area (Å²) in [6, 6.07) is 0. The molecule has 0 unspecified atom stereocenters. The number of rotatable bonds is 18. The maximum Gasteiger partial charge on any atom is 0.508 e.